The minimum atomic E-state index is -3.34. The Balaban J connectivity index is 2.77. The number of hydrogen-bond acceptors (Lipinski definition) is 5. The van der Waals surface area contributed by atoms with Crippen LogP contribution in [0.15, 0.2) is 12.3 Å². The van der Waals surface area contributed by atoms with Gasteiger partial charge in [0, 0.05) is 17.2 Å². The van der Waals surface area contributed by atoms with Crippen LogP contribution in [-0.4, -0.2) is 30.7 Å². The molecule has 0 unspecified atom stereocenters. The predicted octanol–water partition coefficient (Wildman–Crippen LogP) is 0.612. The molecule has 1 heterocycles. The number of anilines is 1. The topological polar surface area (TPSA) is 96.4 Å². The van der Waals surface area contributed by atoms with Gasteiger partial charge in [-0.15, -0.1) is 0 Å². The van der Waals surface area contributed by atoms with Crippen molar-refractivity contribution in [3.05, 3.63) is 17.2 Å². The van der Waals surface area contributed by atoms with E-state index in [9.17, 15) is 13.2 Å². The van der Waals surface area contributed by atoms with Crippen LogP contribution in [0.25, 0.3) is 6.08 Å². The molecule has 1 rings (SSSR count). The minimum absolute atomic E-state index is 0.211. The number of carboxylic acid groups (broad SMARTS) is 1. The van der Waals surface area contributed by atoms with Gasteiger partial charge in [0.2, 0.25) is 10.0 Å². The molecule has 0 aromatic carbocycles. The van der Waals surface area contributed by atoms with Crippen LogP contribution >= 0.6 is 11.3 Å². The first-order valence-corrected chi connectivity index (χ1v) is 6.42. The summed E-state index contributed by atoms with van der Waals surface area (Å²) >= 11 is 1.05. The van der Waals surface area contributed by atoms with E-state index in [-0.39, 0.29) is 5.13 Å². The Morgan fingerprint density at radius 3 is 2.87 bits per heavy atom. The van der Waals surface area contributed by atoms with Gasteiger partial charge in [0.15, 0.2) is 5.13 Å². The van der Waals surface area contributed by atoms with E-state index in [0.717, 1.165) is 23.7 Å². The molecule has 0 spiro atoms. The zero-order valence-electron chi connectivity index (χ0n) is 7.67. The maximum Gasteiger partial charge on any atom is 0.328 e. The van der Waals surface area contributed by atoms with E-state index >= 15 is 0 Å². The highest BCUT2D eigenvalue weighted by Crippen LogP contribution is 2.19. The Morgan fingerprint density at radius 2 is 2.33 bits per heavy atom. The Bertz CT molecular complexity index is 489. The average molecular weight is 248 g/mol. The van der Waals surface area contributed by atoms with E-state index in [2.05, 4.69) is 9.71 Å². The normalized spacial score (nSPS) is 11.8. The zero-order chi connectivity index (χ0) is 11.5. The van der Waals surface area contributed by atoms with Gasteiger partial charge >= 0.3 is 5.97 Å². The maximum absolute atomic E-state index is 10.8. The molecule has 2 N–H and O–H groups in total. The van der Waals surface area contributed by atoms with Crippen molar-refractivity contribution in [2.75, 3.05) is 11.0 Å². The summed E-state index contributed by atoms with van der Waals surface area (Å²) in [5.74, 6) is -1.07. The molecule has 82 valence electrons. The molecule has 0 atom stereocenters. The van der Waals surface area contributed by atoms with Crippen molar-refractivity contribution in [1.82, 2.24) is 4.98 Å². The summed E-state index contributed by atoms with van der Waals surface area (Å²) in [5.41, 5.74) is 0. The molecule has 0 fully saturated rings. The van der Waals surface area contributed by atoms with Gasteiger partial charge in [-0.05, 0) is 6.08 Å². The lowest BCUT2D eigenvalue weighted by molar-refractivity contribution is -0.131. The van der Waals surface area contributed by atoms with E-state index in [0.29, 0.717) is 4.88 Å². The van der Waals surface area contributed by atoms with Gasteiger partial charge in [0.1, 0.15) is 0 Å². The molecular formula is C7H8N2O4S2. The van der Waals surface area contributed by atoms with Crippen LogP contribution in [0.3, 0.4) is 0 Å². The molecular weight excluding hydrogens is 240 g/mol. The average Bonchev–Trinajstić information content (AvgIpc) is 2.45. The Hall–Kier alpha value is -1.41. The third-order valence-electron chi connectivity index (χ3n) is 1.19. The van der Waals surface area contributed by atoms with Crippen molar-refractivity contribution in [2.24, 2.45) is 0 Å². The van der Waals surface area contributed by atoms with E-state index < -0.39 is 16.0 Å². The lowest BCUT2D eigenvalue weighted by Gasteiger charge is -1.95. The number of rotatable bonds is 4. The molecule has 0 amide bonds. The Labute approximate surface area is 90.3 Å². The summed E-state index contributed by atoms with van der Waals surface area (Å²) in [7, 11) is -3.34. The fourth-order valence-electron chi connectivity index (χ4n) is 0.723. The first-order valence-electron chi connectivity index (χ1n) is 3.71. The van der Waals surface area contributed by atoms with Gasteiger partial charge in [0.25, 0.3) is 0 Å². The SMILES string of the molecule is CS(=O)(=O)Nc1ncc(/C=C/C(=O)O)s1. The summed E-state index contributed by atoms with van der Waals surface area (Å²) in [6.07, 6.45) is 4.70. The molecule has 8 heteroatoms. The number of aromatic nitrogens is 1. The van der Waals surface area contributed by atoms with E-state index in [4.69, 9.17) is 5.11 Å². The molecule has 15 heavy (non-hydrogen) atoms. The summed E-state index contributed by atoms with van der Waals surface area (Å²) in [6, 6.07) is 0. The minimum Gasteiger partial charge on any atom is -0.478 e. The summed E-state index contributed by atoms with van der Waals surface area (Å²) in [4.78, 5) is 14.5. The van der Waals surface area contributed by atoms with Crippen LogP contribution in [0.4, 0.5) is 5.13 Å². The van der Waals surface area contributed by atoms with Crippen molar-refractivity contribution in [3.63, 3.8) is 0 Å². The van der Waals surface area contributed by atoms with Crippen LogP contribution in [0.1, 0.15) is 4.88 Å². The molecule has 0 aliphatic heterocycles. The largest absolute Gasteiger partial charge is 0.478 e. The molecule has 0 radical (unpaired) electrons. The van der Waals surface area contributed by atoms with Crippen molar-refractivity contribution < 1.29 is 18.3 Å². The van der Waals surface area contributed by atoms with Crippen LogP contribution in [-0.2, 0) is 14.8 Å². The van der Waals surface area contributed by atoms with Crippen molar-refractivity contribution in [2.45, 2.75) is 0 Å². The standard InChI is InChI=1S/C7H8N2O4S2/c1-15(12,13)9-7-8-4-5(14-7)2-3-6(10)11/h2-4H,1H3,(H,8,9)(H,10,11)/b3-2+. The summed E-state index contributed by atoms with van der Waals surface area (Å²) in [6.45, 7) is 0. The van der Waals surface area contributed by atoms with Crippen molar-refractivity contribution in [3.8, 4) is 0 Å². The van der Waals surface area contributed by atoms with Gasteiger partial charge < -0.3 is 5.11 Å². The highest BCUT2D eigenvalue weighted by Gasteiger charge is 2.05. The Kier molecular flexibility index (Phi) is 3.43. The second-order valence-electron chi connectivity index (χ2n) is 2.61. The highest BCUT2D eigenvalue weighted by molar-refractivity contribution is 7.92. The molecule has 0 saturated heterocycles. The molecule has 1 aromatic rings. The highest BCUT2D eigenvalue weighted by atomic mass is 32.2. The number of nitrogens with one attached hydrogen (secondary N) is 1. The number of carbonyl (C=O) groups is 1. The first kappa shape index (κ1) is 11.7. The van der Waals surface area contributed by atoms with Gasteiger partial charge in [0.05, 0.1) is 6.26 Å². The second kappa shape index (κ2) is 4.41. The quantitative estimate of drug-likeness (QED) is 0.761. The van der Waals surface area contributed by atoms with Gasteiger partial charge in [-0.3, -0.25) is 4.72 Å². The smallest absolute Gasteiger partial charge is 0.328 e. The van der Waals surface area contributed by atoms with Gasteiger partial charge in [-0.2, -0.15) is 0 Å². The maximum atomic E-state index is 10.8. The fraction of sp³-hybridized carbons (Fsp3) is 0.143. The molecule has 0 aliphatic rings. The van der Waals surface area contributed by atoms with Crippen molar-refractivity contribution in [1.29, 1.82) is 0 Å². The lowest BCUT2D eigenvalue weighted by atomic mass is 10.4. The number of hydrogen-bond donors (Lipinski definition) is 2. The predicted molar refractivity (Wildman–Crippen MR) is 57.3 cm³/mol. The number of carboxylic acids is 1. The van der Waals surface area contributed by atoms with Crippen LogP contribution in [0.2, 0.25) is 0 Å². The molecule has 1 aromatic heterocycles. The zero-order valence-corrected chi connectivity index (χ0v) is 9.30. The summed E-state index contributed by atoms with van der Waals surface area (Å²) in [5, 5.41) is 8.56. The third kappa shape index (κ3) is 4.56. The number of thiazole rings is 1. The molecule has 6 nitrogen and oxygen atoms in total. The molecule has 0 saturated carbocycles. The van der Waals surface area contributed by atoms with Crippen molar-refractivity contribution >= 4 is 38.5 Å². The second-order valence-corrected chi connectivity index (χ2v) is 5.42. The van der Waals surface area contributed by atoms with E-state index in [1.165, 1.54) is 12.3 Å². The van der Waals surface area contributed by atoms with Gasteiger partial charge in [-0.1, -0.05) is 11.3 Å². The number of aliphatic carboxylic acids is 1. The third-order valence-corrected chi connectivity index (χ3v) is 2.76. The van der Waals surface area contributed by atoms with Crippen LogP contribution < -0.4 is 4.72 Å². The molecule has 0 bridgehead atoms. The lowest BCUT2D eigenvalue weighted by Crippen LogP contribution is -2.08. The van der Waals surface area contributed by atoms with E-state index in [1.807, 2.05) is 0 Å². The summed E-state index contributed by atoms with van der Waals surface area (Å²) < 4.78 is 23.8. The monoisotopic (exact) mass is 248 g/mol. The fourth-order valence-corrected chi connectivity index (χ4v) is 2.28. The van der Waals surface area contributed by atoms with Gasteiger partial charge in [-0.25, -0.2) is 18.2 Å². The van der Waals surface area contributed by atoms with Crippen LogP contribution in [0.5, 0.6) is 0 Å². The first-order chi connectivity index (χ1) is 6.87. The van der Waals surface area contributed by atoms with Crippen LogP contribution in [0, 0.1) is 0 Å². The Morgan fingerprint density at radius 1 is 1.67 bits per heavy atom. The molecule has 0 aliphatic carbocycles. The number of nitrogens with zero attached hydrogens (tertiary/aromatic N) is 1. The number of sulfonamides is 1. The van der Waals surface area contributed by atoms with E-state index in [1.54, 1.807) is 0 Å².